The van der Waals surface area contributed by atoms with Crippen LogP contribution >= 0.6 is 0 Å². The molecule has 49 heavy (non-hydrogen) atoms. The molecule has 6 rings (SSSR count). The molecule has 4 heterocycles. The highest BCUT2D eigenvalue weighted by Crippen LogP contribution is 2.40. The summed E-state index contributed by atoms with van der Waals surface area (Å²) in [7, 11) is 6.11. The van der Waals surface area contributed by atoms with Gasteiger partial charge in [-0.2, -0.15) is 0 Å². The maximum absolute atomic E-state index is 6.62. The summed E-state index contributed by atoms with van der Waals surface area (Å²) in [4.78, 5) is 0. The molecule has 2 aromatic carbocycles. The van der Waals surface area contributed by atoms with E-state index in [0.717, 1.165) is 11.1 Å². The van der Waals surface area contributed by atoms with Crippen molar-refractivity contribution < 1.29 is 71.1 Å². The Hall–Kier alpha value is -2.16. The van der Waals surface area contributed by atoms with Crippen LogP contribution in [0.15, 0.2) is 60.7 Å². The monoisotopic (exact) mass is 694 g/mol. The number of benzene rings is 2. The van der Waals surface area contributed by atoms with Crippen molar-refractivity contribution in [2.45, 2.75) is 74.0 Å². The highest BCUT2D eigenvalue weighted by atomic mass is 16.8. The van der Waals surface area contributed by atoms with Crippen LogP contribution in [0.5, 0.6) is 0 Å². The molecule has 4 fully saturated rings. The van der Waals surface area contributed by atoms with Crippen LogP contribution in [0.1, 0.15) is 23.7 Å². The van der Waals surface area contributed by atoms with Gasteiger partial charge in [-0.1, -0.05) is 60.7 Å². The second-order valence-corrected chi connectivity index (χ2v) is 11.7. The standard InChI is InChI=1S/C34H46O15/c1-35-17-41-27-25-23(15-39-31(47-25)21-11-7-5-8-12-21)45-33(29(27)43-19-37-3)49-34-30(44-20-38-4)28(42-18-36-2)26-24(46-34)16-40-32(48-26)22-13-9-6-10-14-22/h5-14,23-34H,15-20H2,1-4H3/t23-,24-,25-,26-,27+,28+,29-,30-,31?,32?,33-,34-/m1/s1. The van der Waals surface area contributed by atoms with Crippen LogP contribution in [0.25, 0.3) is 0 Å². The lowest BCUT2D eigenvalue weighted by atomic mass is 9.96. The summed E-state index contributed by atoms with van der Waals surface area (Å²) in [5.74, 6) is 0. The van der Waals surface area contributed by atoms with E-state index in [4.69, 9.17) is 71.1 Å². The molecule has 2 unspecified atom stereocenters. The van der Waals surface area contributed by atoms with Crippen LogP contribution in [0.4, 0.5) is 0 Å². The third-order valence-electron chi connectivity index (χ3n) is 8.49. The van der Waals surface area contributed by atoms with Crippen molar-refractivity contribution in [3.63, 3.8) is 0 Å². The first-order valence-corrected chi connectivity index (χ1v) is 16.2. The molecule has 0 spiro atoms. The molecule has 4 saturated heterocycles. The van der Waals surface area contributed by atoms with Gasteiger partial charge in [0.1, 0.15) is 76.0 Å². The molecule has 0 saturated carbocycles. The molecule has 4 aliphatic heterocycles. The summed E-state index contributed by atoms with van der Waals surface area (Å²) in [5.41, 5.74) is 1.71. The third-order valence-corrected chi connectivity index (χ3v) is 8.49. The minimum absolute atomic E-state index is 0.0406. The third kappa shape index (κ3) is 8.84. The average Bonchev–Trinajstić information content (AvgIpc) is 3.15. The van der Waals surface area contributed by atoms with Gasteiger partial charge in [-0.05, 0) is 0 Å². The Morgan fingerprint density at radius 2 is 0.857 bits per heavy atom. The molecule has 15 nitrogen and oxygen atoms in total. The van der Waals surface area contributed by atoms with E-state index in [1.807, 2.05) is 60.7 Å². The number of hydrogen-bond donors (Lipinski definition) is 0. The van der Waals surface area contributed by atoms with E-state index in [0.29, 0.717) is 0 Å². The van der Waals surface area contributed by atoms with Crippen LogP contribution in [-0.2, 0) is 71.1 Å². The fraction of sp³-hybridized carbons (Fsp3) is 0.647. The lowest BCUT2D eigenvalue weighted by Gasteiger charge is -2.52. The Morgan fingerprint density at radius 3 is 1.22 bits per heavy atom. The first-order valence-electron chi connectivity index (χ1n) is 16.2. The van der Waals surface area contributed by atoms with Gasteiger partial charge in [0.05, 0.1) is 13.2 Å². The van der Waals surface area contributed by atoms with Crippen LogP contribution in [0.2, 0.25) is 0 Å². The molecule has 0 bridgehead atoms. The zero-order valence-corrected chi connectivity index (χ0v) is 28.1. The van der Waals surface area contributed by atoms with Crippen molar-refractivity contribution in [3.8, 4) is 0 Å². The van der Waals surface area contributed by atoms with E-state index in [-0.39, 0.29) is 40.4 Å². The Kier molecular flexibility index (Phi) is 13.7. The van der Waals surface area contributed by atoms with Crippen LogP contribution in [0, 0.1) is 0 Å². The van der Waals surface area contributed by atoms with E-state index in [1.54, 1.807) is 0 Å². The Morgan fingerprint density at radius 1 is 0.490 bits per heavy atom. The van der Waals surface area contributed by atoms with Gasteiger partial charge in [-0.15, -0.1) is 0 Å². The van der Waals surface area contributed by atoms with Gasteiger partial charge in [0.15, 0.2) is 25.2 Å². The topological polar surface area (TPSA) is 138 Å². The quantitative estimate of drug-likeness (QED) is 0.238. The summed E-state index contributed by atoms with van der Waals surface area (Å²) in [6.07, 6.45) is -9.03. The van der Waals surface area contributed by atoms with Crippen molar-refractivity contribution in [3.05, 3.63) is 71.8 Å². The van der Waals surface area contributed by atoms with Crippen molar-refractivity contribution in [2.24, 2.45) is 0 Å². The lowest BCUT2D eigenvalue weighted by Crippen LogP contribution is -2.67. The molecule has 12 atom stereocenters. The zero-order chi connectivity index (χ0) is 34.0. The SMILES string of the molecule is COCO[C@@H]1[C@@H](OCOC)[C@@H](O[C@H]2O[C@@H]3COC(c4ccccc4)O[C@H]3[C@H](OCOC)[C@H]2OCOC)O[C@@H]2COC(c3ccccc3)O[C@@H]12. The highest BCUT2D eigenvalue weighted by Gasteiger charge is 2.56. The summed E-state index contributed by atoms with van der Waals surface area (Å²) in [6, 6.07) is 19.3. The first kappa shape index (κ1) is 36.6. The molecule has 272 valence electrons. The smallest absolute Gasteiger partial charge is 0.190 e. The number of methoxy groups -OCH3 is 4. The van der Waals surface area contributed by atoms with Gasteiger partial charge >= 0.3 is 0 Å². The second kappa shape index (κ2) is 18.4. The van der Waals surface area contributed by atoms with Gasteiger partial charge in [-0.25, -0.2) is 0 Å². The molecular formula is C34H46O15. The molecular weight excluding hydrogens is 648 g/mol. The fourth-order valence-electron chi connectivity index (χ4n) is 6.32. The molecule has 0 N–H and O–H groups in total. The molecule has 2 aromatic rings. The zero-order valence-electron chi connectivity index (χ0n) is 28.1. The predicted molar refractivity (Wildman–Crippen MR) is 165 cm³/mol. The van der Waals surface area contributed by atoms with Crippen molar-refractivity contribution in [1.29, 1.82) is 0 Å². The van der Waals surface area contributed by atoms with E-state index < -0.39 is 74.0 Å². The molecule has 15 heteroatoms. The minimum Gasteiger partial charge on any atom is -0.359 e. The molecule has 0 radical (unpaired) electrons. The Bertz CT molecular complexity index is 1130. The highest BCUT2D eigenvalue weighted by molar-refractivity contribution is 5.18. The molecule has 0 amide bonds. The van der Waals surface area contributed by atoms with Gasteiger partial charge in [0.2, 0.25) is 0 Å². The Balaban J connectivity index is 1.25. The van der Waals surface area contributed by atoms with Gasteiger partial charge in [-0.3, -0.25) is 0 Å². The predicted octanol–water partition coefficient (Wildman–Crippen LogP) is 2.64. The largest absolute Gasteiger partial charge is 0.359 e. The number of hydrogen-bond acceptors (Lipinski definition) is 15. The molecule has 4 aliphatic rings. The van der Waals surface area contributed by atoms with E-state index in [1.165, 1.54) is 28.4 Å². The average molecular weight is 695 g/mol. The van der Waals surface area contributed by atoms with Crippen molar-refractivity contribution >= 4 is 0 Å². The maximum atomic E-state index is 6.62. The van der Waals surface area contributed by atoms with E-state index in [2.05, 4.69) is 0 Å². The van der Waals surface area contributed by atoms with Gasteiger partial charge < -0.3 is 71.1 Å². The number of rotatable bonds is 16. The Labute approximate surface area is 285 Å². The second-order valence-electron chi connectivity index (χ2n) is 11.7. The van der Waals surface area contributed by atoms with Crippen molar-refractivity contribution in [2.75, 3.05) is 68.8 Å². The fourth-order valence-corrected chi connectivity index (χ4v) is 6.32. The number of ether oxygens (including phenoxy) is 15. The van der Waals surface area contributed by atoms with Crippen LogP contribution in [0.3, 0.4) is 0 Å². The summed E-state index contributed by atoms with van der Waals surface area (Å²) >= 11 is 0. The first-order chi connectivity index (χ1) is 24.1. The summed E-state index contributed by atoms with van der Waals surface area (Å²) in [5, 5.41) is 0. The normalized spacial score (nSPS) is 36.2. The van der Waals surface area contributed by atoms with Gasteiger partial charge in [0, 0.05) is 39.6 Å². The van der Waals surface area contributed by atoms with Gasteiger partial charge in [0.25, 0.3) is 0 Å². The van der Waals surface area contributed by atoms with Crippen molar-refractivity contribution in [1.82, 2.24) is 0 Å². The molecule has 0 aromatic heterocycles. The lowest BCUT2D eigenvalue weighted by molar-refractivity contribution is -0.426. The number of fused-ring (bicyclic) bond motifs is 2. The van der Waals surface area contributed by atoms with Crippen LogP contribution in [-0.4, -0.2) is 130 Å². The molecule has 0 aliphatic carbocycles. The minimum atomic E-state index is -1.07. The van der Waals surface area contributed by atoms with E-state index >= 15 is 0 Å². The summed E-state index contributed by atoms with van der Waals surface area (Å²) in [6.45, 7) is 0.130. The van der Waals surface area contributed by atoms with E-state index in [9.17, 15) is 0 Å². The maximum Gasteiger partial charge on any atom is 0.190 e. The van der Waals surface area contributed by atoms with Crippen LogP contribution < -0.4 is 0 Å². The summed E-state index contributed by atoms with van der Waals surface area (Å²) < 4.78 is 90.6.